The number of rotatable bonds is 3. The minimum Gasteiger partial charge on any atom is -0.384 e. The summed E-state index contributed by atoms with van der Waals surface area (Å²) in [5, 5.41) is 8.75. The zero-order chi connectivity index (χ0) is 15.3. The third-order valence-corrected chi connectivity index (χ3v) is 4.14. The maximum Gasteiger partial charge on any atom is 0.261 e. The van der Waals surface area contributed by atoms with Gasteiger partial charge in [-0.1, -0.05) is 36.1 Å². The molecule has 0 aliphatic heterocycles. The lowest BCUT2D eigenvalue weighted by atomic mass is 10.2. The number of nitrogens with one attached hydrogen (secondary N) is 1. The van der Waals surface area contributed by atoms with Crippen LogP contribution in [0.1, 0.15) is 11.1 Å². The van der Waals surface area contributed by atoms with Crippen molar-refractivity contribution in [3.63, 3.8) is 0 Å². The first-order valence-electron chi connectivity index (χ1n) is 6.31. The van der Waals surface area contributed by atoms with Crippen LogP contribution in [0, 0.1) is 18.8 Å². The van der Waals surface area contributed by atoms with Crippen LogP contribution in [0.5, 0.6) is 0 Å². The van der Waals surface area contributed by atoms with E-state index >= 15 is 0 Å². The van der Waals surface area contributed by atoms with Crippen molar-refractivity contribution < 1.29 is 13.5 Å². The summed E-state index contributed by atoms with van der Waals surface area (Å²) in [6, 6.07) is 13.5. The van der Waals surface area contributed by atoms with Crippen molar-refractivity contribution in [1.82, 2.24) is 0 Å². The number of sulfonamides is 1. The van der Waals surface area contributed by atoms with Gasteiger partial charge < -0.3 is 5.11 Å². The standard InChI is InChI=1S/C16H15NO3S/c1-13-6-4-9-15(12-13)21(19,20)17-16-10-3-2-7-14(16)8-5-11-18/h2-4,6-7,9-10,12,17-18H,11H2,1H3. The highest BCUT2D eigenvalue weighted by molar-refractivity contribution is 7.92. The summed E-state index contributed by atoms with van der Waals surface area (Å²) in [5.41, 5.74) is 1.77. The lowest BCUT2D eigenvalue weighted by molar-refractivity contribution is 0.350. The molecule has 0 saturated carbocycles. The van der Waals surface area contributed by atoms with E-state index in [0.717, 1.165) is 5.56 Å². The minimum atomic E-state index is -3.66. The van der Waals surface area contributed by atoms with Gasteiger partial charge in [0.05, 0.1) is 10.6 Å². The maximum atomic E-state index is 12.4. The molecule has 0 fully saturated rings. The number of hydrogen-bond acceptors (Lipinski definition) is 3. The second kappa shape index (κ2) is 6.44. The van der Waals surface area contributed by atoms with E-state index in [-0.39, 0.29) is 11.5 Å². The molecule has 2 aromatic rings. The van der Waals surface area contributed by atoms with Crippen molar-refractivity contribution >= 4 is 15.7 Å². The summed E-state index contributed by atoms with van der Waals surface area (Å²) in [6.07, 6.45) is 0. The van der Waals surface area contributed by atoms with Gasteiger partial charge >= 0.3 is 0 Å². The molecule has 0 radical (unpaired) electrons. The van der Waals surface area contributed by atoms with Crippen LogP contribution < -0.4 is 4.72 Å². The predicted octanol–water partition coefficient (Wildman–Crippen LogP) is 2.14. The summed E-state index contributed by atoms with van der Waals surface area (Å²) in [6.45, 7) is 1.55. The highest BCUT2D eigenvalue weighted by Gasteiger charge is 2.15. The van der Waals surface area contributed by atoms with Gasteiger partial charge in [0.25, 0.3) is 10.0 Å². The molecule has 0 aromatic heterocycles. The number of hydrogen-bond donors (Lipinski definition) is 2. The summed E-state index contributed by atoms with van der Waals surface area (Å²) in [4.78, 5) is 0.201. The van der Waals surface area contributed by atoms with E-state index in [0.29, 0.717) is 11.3 Å². The van der Waals surface area contributed by atoms with Gasteiger partial charge in [0.1, 0.15) is 6.61 Å². The molecule has 0 heterocycles. The molecule has 2 N–H and O–H groups in total. The molecule has 0 aliphatic carbocycles. The number of aliphatic hydroxyl groups excluding tert-OH is 1. The van der Waals surface area contributed by atoms with E-state index in [1.165, 1.54) is 6.07 Å². The van der Waals surface area contributed by atoms with Gasteiger partial charge in [-0.25, -0.2) is 8.42 Å². The fourth-order valence-corrected chi connectivity index (χ4v) is 2.99. The Morgan fingerprint density at radius 3 is 2.62 bits per heavy atom. The number of anilines is 1. The number of aryl methyl sites for hydroxylation is 1. The highest BCUT2D eigenvalue weighted by atomic mass is 32.2. The first-order valence-corrected chi connectivity index (χ1v) is 7.79. The Kier molecular flexibility index (Phi) is 4.63. The van der Waals surface area contributed by atoms with Crippen LogP contribution in [0.2, 0.25) is 0 Å². The second-order valence-electron chi connectivity index (χ2n) is 4.43. The maximum absolute atomic E-state index is 12.4. The van der Waals surface area contributed by atoms with Gasteiger partial charge in [0, 0.05) is 5.56 Å². The van der Waals surface area contributed by atoms with Gasteiger partial charge in [-0.3, -0.25) is 4.72 Å². The number of para-hydroxylation sites is 1. The van der Waals surface area contributed by atoms with Crippen molar-refractivity contribution in [2.45, 2.75) is 11.8 Å². The van der Waals surface area contributed by atoms with Gasteiger partial charge in [-0.2, -0.15) is 0 Å². The Hall–Kier alpha value is -2.29. The molecule has 21 heavy (non-hydrogen) atoms. The van der Waals surface area contributed by atoms with E-state index in [1.807, 2.05) is 13.0 Å². The van der Waals surface area contributed by atoms with Gasteiger partial charge in [0.2, 0.25) is 0 Å². The SMILES string of the molecule is Cc1cccc(S(=O)(=O)Nc2ccccc2C#CCO)c1. The quantitative estimate of drug-likeness (QED) is 0.854. The molecule has 0 atom stereocenters. The van der Waals surface area contributed by atoms with Gasteiger partial charge in [0.15, 0.2) is 0 Å². The van der Waals surface area contributed by atoms with Crippen LogP contribution in [0.4, 0.5) is 5.69 Å². The summed E-state index contributed by atoms with van der Waals surface area (Å²) in [7, 11) is -3.66. The minimum absolute atomic E-state index is 0.201. The Morgan fingerprint density at radius 1 is 1.14 bits per heavy atom. The van der Waals surface area contributed by atoms with Crippen molar-refractivity contribution in [1.29, 1.82) is 0 Å². The Morgan fingerprint density at radius 2 is 1.90 bits per heavy atom. The van der Waals surface area contributed by atoms with Crippen LogP contribution in [-0.2, 0) is 10.0 Å². The van der Waals surface area contributed by atoms with E-state index in [2.05, 4.69) is 16.6 Å². The molecular formula is C16H15NO3S. The summed E-state index contributed by atoms with van der Waals surface area (Å²) in [5.74, 6) is 5.23. The lowest BCUT2D eigenvalue weighted by Crippen LogP contribution is -2.13. The number of aliphatic hydroxyl groups is 1. The average Bonchev–Trinajstić information content (AvgIpc) is 2.46. The van der Waals surface area contributed by atoms with Crippen LogP contribution in [0.25, 0.3) is 0 Å². The third-order valence-electron chi connectivity index (χ3n) is 2.77. The zero-order valence-electron chi connectivity index (χ0n) is 11.5. The molecule has 4 nitrogen and oxygen atoms in total. The molecule has 2 aromatic carbocycles. The smallest absolute Gasteiger partial charge is 0.261 e. The zero-order valence-corrected chi connectivity index (χ0v) is 12.3. The molecule has 0 amide bonds. The monoisotopic (exact) mass is 301 g/mol. The van der Waals surface area contributed by atoms with Crippen LogP contribution in [0.15, 0.2) is 53.4 Å². The first kappa shape index (κ1) is 15.1. The molecule has 0 spiro atoms. The van der Waals surface area contributed by atoms with Crippen LogP contribution >= 0.6 is 0 Å². The molecule has 2 rings (SSSR count). The Balaban J connectivity index is 2.38. The molecular weight excluding hydrogens is 286 g/mol. The summed E-state index contributed by atoms with van der Waals surface area (Å²) >= 11 is 0. The average molecular weight is 301 g/mol. The van der Waals surface area contributed by atoms with E-state index < -0.39 is 10.0 Å². The Bertz CT molecular complexity index is 802. The molecule has 0 aliphatic rings. The van der Waals surface area contributed by atoms with Crippen molar-refractivity contribution in [3.05, 3.63) is 59.7 Å². The van der Waals surface area contributed by atoms with Crippen molar-refractivity contribution in [2.24, 2.45) is 0 Å². The van der Waals surface area contributed by atoms with E-state index in [1.54, 1.807) is 36.4 Å². The van der Waals surface area contributed by atoms with Crippen LogP contribution in [-0.4, -0.2) is 20.1 Å². The normalized spacial score (nSPS) is 10.6. The fraction of sp³-hybridized carbons (Fsp3) is 0.125. The van der Waals surface area contributed by atoms with Gasteiger partial charge in [-0.15, -0.1) is 0 Å². The lowest BCUT2D eigenvalue weighted by Gasteiger charge is -2.10. The third kappa shape index (κ3) is 3.85. The van der Waals surface area contributed by atoms with E-state index in [4.69, 9.17) is 5.11 Å². The largest absolute Gasteiger partial charge is 0.384 e. The molecule has 5 heteroatoms. The topological polar surface area (TPSA) is 66.4 Å². The van der Waals surface area contributed by atoms with Crippen molar-refractivity contribution in [3.8, 4) is 11.8 Å². The molecule has 0 bridgehead atoms. The highest BCUT2D eigenvalue weighted by Crippen LogP contribution is 2.20. The predicted molar refractivity (Wildman–Crippen MR) is 82.4 cm³/mol. The second-order valence-corrected chi connectivity index (χ2v) is 6.11. The fourth-order valence-electron chi connectivity index (χ4n) is 1.80. The molecule has 108 valence electrons. The Labute approximate surface area is 124 Å². The van der Waals surface area contributed by atoms with E-state index in [9.17, 15) is 8.42 Å². The number of benzene rings is 2. The summed E-state index contributed by atoms with van der Waals surface area (Å²) < 4.78 is 27.3. The van der Waals surface area contributed by atoms with Crippen LogP contribution in [0.3, 0.4) is 0 Å². The molecule has 0 unspecified atom stereocenters. The molecule has 0 saturated heterocycles. The van der Waals surface area contributed by atoms with Crippen molar-refractivity contribution in [2.75, 3.05) is 11.3 Å². The first-order chi connectivity index (χ1) is 10.0. The van der Waals surface area contributed by atoms with Gasteiger partial charge in [-0.05, 0) is 36.8 Å².